The quantitative estimate of drug-likeness (QED) is 0.658. The maximum Gasteiger partial charge on any atom is 0.317 e. The second-order valence-corrected chi connectivity index (χ2v) is 3.01. The minimum Gasteiger partial charge on any atom is -0.336 e. The van der Waals surface area contributed by atoms with Gasteiger partial charge in [0.25, 0.3) is 0 Å². The van der Waals surface area contributed by atoms with Gasteiger partial charge in [-0.2, -0.15) is 0 Å². The molecule has 0 saturated carbocycles. The van der Waals surface area contributed by atoms with E-state index in [9.17, 15) is 4.79 Å². The number of hydrogen-bond acceptors (Lipinski definition) is 3. The Morgan fingerprint density at radius 1 is 1.69 bits per heavy atom. The molecule has 1 fully saturated rings. The number of aromatic nitrogens is 3. The lowest BCUT2D eigenvalue weighted by molar-refractivity contribution is 0.214. The number of nitrogens with one attached hydrogen (secondary N) is 1. The summed E-state index contributed by atoms with van der Waals surface area (Å²) in [5.74, 6) is 0.803. The fraction of sp³-hybridized carbons (Fsp3) is 0.571. The standard InChI is InChI=1S/C7H11N5O/c1-11-5-9-10-6(11)4-12-3-2-8-7(12)13/h5H,2-4H2,1H3,(H,8,13). The number of carbonyl (C=O) groups is 1. The monoisotopic (exact) mass is 181 g/mol. The fourth-order valence-electron chi connectivity index (χ4n) is 1.28. The third-order valence-electron chi connectivity index (χ3n) is 2.08. The molecule has 6 nitrogen and oxygen atoms in total. The molecule has 0 radical (unpaired) electrons. The van der Waals surface area contributed by atoms with Crippen LogP contribution in [0.15, 0.2) is 6.33 Å². The van der Waals surface area contributed by atoms with Crippen molar-refractivity contribution in [2.45, 2.75) is 6.54 Å². The van der Waals surface area contributed by atoms with Crippen LogP contribution < -0.4 is 5.32 Å². The van der Waals surface area contributed by atoms with Crippen LogP contribution in [0, 0.1) is 0 Å². The van der Waals surface area contributed by atoms with E-state index in [1.165, 1.54) is 0 Å². The SMILES string of the molecule is Cn1cnnc1CN1CCNC1=O. The fourth-order valence-corrected chi connectivity index (χ4v) is 1.28. The molecule has 1 N–H and O–H groups in total. The van der Waals surface area contributed by atoms with Crippen LogP contribution in [-0.2, 0) is 13.6 Å². The van der Waals surface area contributed by atoms with Crippen molar-refractivity contribution in [1.82, 2.24) is 25.0 Å². The first-order valence-corrected chi connectivity index (χ1v) is 4.13. The maximum atomic E-state index is 11.2. The van der Waals surface area contributed by atoms with E-state index < -0.39 is 0 Å². The number of urea groups is 1. The number of hydrogen-bond donors (Lipinski definition) is 1. The van der Waals surface area contributed by atoms with Gasteiger partial charge >= 0.3 is 6.03 Å². The van der Waals surface area contributed by atoms with E-state index in [2.05, 4.69) is 15.5 Å². The summed E-state index contributed by atoms with van der Waals surface area (Å²) in [6, 6.07) is -0.0250. The Morgan fingerprint density at radius 3 is 3.08 bits per heavy atom. The van der Waals surface area contributed by atoms with Crippen molar-refractivity contribution in [3.63, 3.8) is 0 Å². The smallest absolute Gasteiger partial charge is 0.317 e. The molecule has 0 atom stereocenters. The number of rotatable bonds is 2. The molecule has 1 aromatic heterocycles. The van der Waals surface area contributed by atoms with E-state index in [0.29, 0.717) is 6.54 Å². The van der Waals surface area contributed by atoms with Crippen molar-refractivity contribution in [2.24, 2.45) is 7.05 Å². The van der Waals surface area contributed by atoms with Gasteiger partial charge in [0.15, 0.2) is 5.82 Å². The second kappa shape index (κ2) is 3.04. The van der Waals surface area contributed by atoms with Crippen LogP contribution in [0.2, 0.25) is 0 Å². The van der Waals surface area contributed by atoms with Gasteiger partial charge in [-0.15, -0.1) is 10.2 Å². The van der Waals surface area contributed by atoms with Gasteiger partial charge in [0, 0.05) is 20.1 Å². The summed E-state index contributed by atoms with van der Waals surface area (Å²) in [5.41, 5.74) is 0. The zero-order chi connectivity index (χ0) is 9.26. The third kappa shape index (κ3) is 1.47. The first-order chi connectivity index (χ1) is 6.27. The van der Waals surface area contributed by atoms with Crippen molar-refractivity contribution in [1.29, 1.82) is 0 Å². The lowest BCUT2D eigenvalue weighted by Gasteiger charge is -2.12. The summed E-state index contributed by atoms with van der Waals surface area (Å²) in [4.78, 5) is 12.9. The van der Waals surface area contributed by atoms with Gasteiger partial charge in [0.1, 0.15) is 6.33 Å². The molecule has 1 aliphatic heterocycles. The van der Waals surface area contributed by atoms with Crippen LogP contribution >= 0.6 is 0 Å². The van der Waals surface area contributed by atoms with Gasteiger partial charge < -0.3 is 14.8 Å². The second-order valence-electron chi connectivity index (χ2n) is 3.01. The Hall–Kier alpha value is -1.59. The molecule has 0 unspecified atom stereocenters. The molecule has 0 spiro atoms. The molecule has 0 bridgehead atoms. The zero-order valence-electron chi connectivity index (χ0n) is 7.40. The molecular formula is C7H11N5O. The predicted octanol–water partition coefficient (Wildman–Crippen LogP) is -0.660. The van der Waals surface area contributed by atoms with Crippen LogP contribution in [0.3, 0.4) is 0 Å². The highest BCUT2D eigenvalue weighted by molar-refractivity contribution is 5.75. The Bertz CT molecular complexity index is 320. The van der Waals surface area contributed by atoms with Crippen LogP contribution in [0.1, 0.15) is 5.82 Å². The highest BCUT2D eigenvalue weighted by Gasteiger charge is 2.20. The molecule has 0 aromatic carbocycles. The van der Waals surface area contributed by atoms with Crippen molar-refractivity contribution in [2.75, 3.05) is 13.1 Å². The summed E-state index contributed by atoms with van der Waals surface area (Å²) in [6.45, 7) is 1.99. The van der Waals surface area contributed by atoms with E-state index in [4.69, 9.17) is 0 Å². The predicted molar refractivity (Wildman–Crippen MR) is 44.8 cm³/mol. The Morgan fingerprint density at radius 2 is 2.54 bits per heavy atom. The first-order valence-electron chi connectivity index (χ1n) is 4.13. The zero-order valence-corrected chi connectivity index (χ0v) is 7.40. The molecule has 13 heavy (non-hydrogen) atoms. The van der Waals surface area contributed by atoms with Crippen molar-refractivity contribution >= 4 is 6.03 Å². The van der Waals surface area contributed by atoms with Gasteiger partial charge in [0.05, 0.1) is 6.54 Å². The van der Waals surface area contributed by atoms with Crippen LogP contribution in [0.5, 0.6) is 0 Å². The van der Waals surface area contributed by atoms with E-state index >= 15 is 0 Å². The van der Waals surface area contributed by atoms with E-state index in [1.54, 1.807) is 11.2 Å². The highest BCUT2D eigenvalue weighted by atomic mass is 16.2. The van der Waals surface area contributed by atoms with Crippen molar-refractivity contribution < 1.29 is 4.79 Å². The topological polar surface area (TPSA) is 63.1 Å². The Labute approximate surface area is 75.5 Å². The number of amides is 2. The van der Waals surface area contributed by atoms with Gasteiger partial charge in [-0.3, -0.25) is 0 Å². The van der Waals surface area contributed by atoms with Crippen LogP contribution in [-0.4, -0.2) is 38.8 Å². The number of carbonyl (C=O) groups excluding carboxylic acids is 1. The van der Waals surface area contributed by atoms with Gasteiger partial charge in [0.2, 0.25) is 0 Å². The Kier molecular flexibility index (Phi) is 1.88. The average Bonchev–Trinajstić information content (AvgIpc) is 2.65. The van der Waals surface area contributed by atoms with Crippen LogP contribution in [0.25, 0.3) is 0 Å². The van der Waals surface area contributed by atoms with Crippen molar-refractivity contribution in [3.05, 3.63) is 12.2 Å². The minimum absolute atomic E-state index is 0.0250. The average molecular weight is 181 g/mol. The molecule has 2 rings (SSSR count). The minimum atomic E-state index is -0.0250. The molecule has 6 heteroatoms. The molecule has 1 saturated heterocycles. The van der Waals surface area contributed by atoms with Crippen LogP contribution in [0.4, 0.5) is 4.79 Å². The number of aryl methyl sites for hydroxylation is 1. The summed E-state index contributed by atoms with van der Waals surface area (Å²) in [7, 11) is 1.86. The molecule has 2 heterocycles. The van der Waals surface area contributed by atoms with Gasteiger partial charge in [-0.1, -0.05) is 0 Å². The molecular weight excluding hydrogens is 170 g/mol. The highest BCUT2D eigenvalue weighted by Crippen LogP contribution is 2.03. The van der Waals surface area contributed by atoms with E-state index in [1.807, 2.05) is 11.6 Å². The Balaban J connectivity index is 2.06. The summed E-state index contributed by atoms with van der Waals surface area (Å²) in [5, 5.41) is 10.4. The molecule has 70 valence electrons. The molecule has 2 amide bonds. The largest absolute Gasteiger partial charge is 0.336 e. The molecule has 1 aliphatic rings. The lowest BCUT2D eigenvalue weighted by Crippen LogP contribution is -2.28. The van der Waals surface area contributed by atoms with E-state index in [-0.39, 0.29) is 6.03 Å². The summed E-state index contributed by atoms with van der Waals surface area (Å²) < 4.78 is 1.81. The lowest BCUT2D eigenvalue weighted by atomic mass is 10.5. The molecule has 1 aromatic rings. The summed E-state index contributed by atoms with van der Waals surface area (Å²) in [6.07, 6.45) is 1.63. The third-order valence-corrected chi connectivity index (χ3v) is 2.08. The van der Waals surface area contributed by atoms with E-state index in [0.717, 1.165) is 18.9 Å². The maximum absolute atomic E-state index is 11.2. The van der Waals surface area contributed by atoms with Gasteiger partial charge in [-0.25, -0.2) is 4.79 Å². The normalized spacial score (nSPS) is 16.4. The first kappa shape index (κ1) is 8.03. The van der Waals surface area contributed by atoms with Crippen molar-refractivity contribution in [3.8, 4) is 0 Å². The molecule has 0 aliphatic carbocycles. The summed E-state index contributed by atoms with van der Waals surface area (Å²) >= 11 is 0. The van der Waals surface area contributed by atoms with Gasteiger partial charge in [-0.05, 0) is 0 Å². The number of nitrogens with zero attached hydrogens (tertiary/aromatic N) is 4.